The Labute approximate surface area is 281 Å². The third-order valence-electron chi connectivity index (χ3n) is 4.94. The summed E-state index contributed by atoms with van der Waals surface area (Å²) in [5.74, 6) is 36.3. The molecule has 256 valence electrons. The molecule has 0 amide bonds. The summed E-state index contributed by atoms with van der Waals surface area (Å²) in [6.45, 7) is 3.72. The van der Waals surface area contributed by atoms with Crippen LogP contribution in [-0.2, 0) is 19.2 Å². The highest BCUT2D eigenvalue weighted by Gasteiger charge is 1.97. The summed E-state index contributed by atoms with van der Waals surface area (Å²) in [5, 5.41) is 15.4. The van der Waals surface area contributed by atoms with Crippen molar-refractivity contribution in [3.63, 3.8) is 0 Å². The van der Waals surface area contributed by atoms with Crippen LogP contribution in [0, 0.1) is 95.2 Å². The van der Waals surface area contributed by atoms with Crippen LogP contribution in [0.25, 0.3) is 0 Å². The number of aliphatic carboxylic acids is 1. The van der Waals surface area contributed by atoms with E-state index in [-0.39, 0.29) is 34.0 Å². The van der Waals surface area contributed by atoms with Crippen LogP contribution in [0.2, 0.25) is 0 Å². The zero-order valence-corrected chi connectivity index (χ0v) is 25.5. The summed E-state index contributed by atoms with van der Waals surface area (Å²) in [5.41, 5.74) is 0. The van der Waals surface area contributed by atoms with Gasteiger partial charge in [-0.25, -0.2) is 0 Å². The van der Waals surface area contributed by atoms with E-state index in [1.807, 2.05) is 0 Å². The Hall–Kier alpha value is -5.20. The molecule has 6 heteroatoms. The number of hydrogen-bond donors (Lipinski definition) is 2. The number of unbranched alkanes of at least 4 members (excludes halogenated alkanes) is 14. The first kappa shape index (κ1) is 44.8. The molecule has 6 nitrogen and oxygen atoms in total. The lowest BCUT2D eigenvalue weighted by molar-refractivity contribution is -0.191. The summed E-state index contributed by atoms with van der Waals surface area (Å²) in [7, 11) is 0. The van der Waals surface area contributed by atoms with Crippen LogP contribution < -0.4 is 0 Å². The molecule has 43 heavy (non-hydrogen) atoms. The average molecular weight is 613 g/mol. The van der Waals surface area contributed by atoms with Gasteiger partial charge in [-0.15, -0.1) is 6.42 Å². The van der Waals surface area contributed by atoms with Crippen LogP contribution >= 0.6 is 0 Å². The van der Waals surface area contributed by atoms with Gasteiger partial charge in [0.2, 0.25) is 0 Å². The lowest BCUT2D eigenvalue weighted by Gasteiger charge is -2.03. The van der Waals surface area contributed by atoms with Gasteiger partial charge in [0.15, 0.2) is 0 Å². The summed E-state index contributed by atoms with van der Waals surface area (Å²) in [6.07, 6.45) is 25.3. The van der Waals surface area contributed by atoms with Crippen LogP contribution in [-0.4, -0.2) is 28.8 Å². The zero-order valence-electron chi connectivity index (χ0n) is 25.5. The highest BCUT2D eigenvalue weighted by Crippen LogP contribution is 2.13. The van der Waals surface area contributed by atoms with Crippen molar-refractivity contribution < 1.29 is 50.8 Å². The van der Waals surface area contributed by atoms with Gasteiger partial charge in [-0.1, -0.05) is 103 Å². The molecular formula is C37H72O6. The largest absolute Gasteiger partial charge is 0.483 e. The van der Waals surface area contributed by atoms with Crippen LogP contribution in [0.3, 0.4) is 0 Å². The van der Waals surface area contributed by atoms with E-state index in [0.29, 0.717) is 6.42 Å². The Bertz CT molecular complexity index is 1280. The van der Waals surface area contributed by atoms with Crippen molar-refractivity contribution in [2.24, 2.45) is 0 Å². The normalized spacial score (nSPS) is 7.00. The molecule has 0 saturated heterocycles. The van der Waals surface area contributed by atoms with E-state index < -0.39 is 5.97 Å². The van der Waals surface area contributed by atoms with Gasteiger partial charge in [0.05, 0.1) is 0 Å². The van der Waals surface area contributed by atoms with Crippen molar-refractivity contribution in [2.45, 2.75) is 117 Å². The standard InChI is InChI=1S/C18H36O2.C17H4.CH2O2.CO2.15H2/c1-2-3-4-5-6-7-8-9-10-11-12-13-14-15-16-17-18(19)20;1-3-5-7-9-11-13-15-17-16-14-12-10-8-6-4-2;2*2-1-3;;;;;;;;;;;;;;;/h2-17H2,1H3,(H,19,20);1H,2H3;1H,(H,2,3);;15*1H. The molecule has 0 aromatic carbocycles. The summed E-state index contributed by atoms with van der Waals surface area (Å²) in [6, 6.07) is 0. The molecule has 0 spiro atoms. The second kappa shape index (κ2) is 49.7. The van der Waals surface area contributed by atoms with E-state index in [4.69, 9.17) is 31.0 Å². The van der Waals surface area contributed by atoms with Crippen molar-refractivity contribution in [3.05, 3.63) is 0 Å². The van der Waals surface area contributed by atoms with Gasteiger partial charge in [0.1, 0.15) is 0 Å². The Morgan fingerprint density at radius 1 is 0.605 bits per heavy atom. The van der Waals surface area contributed by atoms with Crippen LogP contribution in [0.15, 0.2) is 0 Å². The Morgan fingerprint density at radius 2 is 0.860 bits per heavy atom. The van der Waals surface area contributed by atoms with E-state index in [1.165, 1.54) is 83.5 Å². The van der Waals surface area contributed by atoms with E-state index in [0.717, 1.165) is 12.8 Å². The van der Waals surface area contributed by atoms with Crippen molar-refractivity contribution >= 4 is 18.6 Å². The van der Waals surface area contributed by atoms with Crippen LogP contribution in [0.1, 0.15) is 138 Å². The minimum absolute atomic E-state index is 0. The minimum atomic E-state index is -0.653. The van der Waals surface area contributed by atoms with Crippen molar-refractivity contribution in [1.29, 1.82) is 0 Å². The lowest BCUT2D eigenvalue weighted by Crippen LogP contribution is -1.93. The smallest absolute Gasteiger partial charge is 0.373 e. The van der Waals surface area contributed by atoms with Crippen molar-refractivity contribution in [3.8, 4) is 95.2 Å². The topological polar surface area (TPSA) is 109 Å². The van der Waals surface area contributed by atoms with Gasteiger partial charge >= 0.3 is 12.1 Å². The first-order valence-corrected chi connectivity index (χ1v) is 14.2. The Balaban J connectivity index is -0.0000000221. The van der Waals surface area contributed by atoms with Gasteiger partial charge in [-0.2, -0.15) is 9.59 Å². The third-order valence-corrected chi connectivity index (χ3v) is 4.94. The highest BCUT2D eigenvalue weighted by molar-refractivity contribution is 5.66. The fourth-order valence-corrected chi connectivity index (χ4v) is 3.09. The second-order valence-corrected chi connectivity index (χ2v) is 8.30. The predicted molar refractivity (Wildman–Crippen MR) is 202 cm³/mol. The summed E-state index contributed by atoms with van der Waals surface area (Å²) in [4.78, 5) is 34.9. The highest BCUT2D eigenvalue weighted by atomic mass is 16.4. The van der Waals surface area contributed by atoms with Gasteiger partial charge < -0.3 is 10.2 Å². The Morgan fingerprint density at radius 3 is 1.12 bits per heavy atom. The first-order valence-electron chi connectivity index (χ1n) is 14.2. The van der Waals surface area contributed by atoms with Crippen molar-refractivity contribution in [2.75, 3.05) is 0 Å². The average Bonchev–Trinajstić information content (AvgIpc) is 2.98. The molecule has 0 unspecified atom stereocenters. The molecule has 0 saturated carbocycles. The van der Waals surface area contributed by atoms with E-state index in [9.17, 15) is 4.79 Å². The number of rotatable bonds is 16. The van der Waals surface area contributed by atoms with Crippen LogP contribution in [0.5, 0.6) is 0 Å². The number of hydrogen-bond acceptors (Lipinski definition) is 4. The fourth-order valence-electron chi connectivity index (χ4n) is 3.09. The third kappa shape index (κ3) is 67.0. The van der Waals surface area contributed by atoms with Gasteiger partial charge in [0, 0.05) is 27.8 Å². The molecular weight excluding hydrogens is 540 g/mol. The van der Waals surface area contributed by atoms with E-state index in [2.05, 4.69) is 95.7 Å². The molecule has 0 aromatic rings. The number of carboxylic acids is 1. The number of carbonyl (C=O) groups excluding carboxylic acids is 2. The summed E-state index contributed by atoms with van der Waals surface area (Å²) < 4.78 is 0. The number of terminal acetylenes is 1. The summed E-state index contributed by atoms with van der Waals surface area (Å²) >= 11 is 0. The molecule has 2 N–H and O–H groups in total. The van der Waals surface area contributed by atoms with Gasteiger partial charge in [-0.05, 0) is 96.2 Å². The number of carbonyl (C=O) groups is 2. The first-order chi connectivity index (χ1) is 21.0. The molecule has 0 heterocycles. The number of carboxylic acid groups (broad SMARTS) is 2. The Kier molecular flexibility index (Phi) is 51.8. The maximum atomic E-state index is 10.3. The van der Waals surface area contributed by atoms with Crippen LogP contribution in [0.4, 0.5) is 0 Å². The van der Waals surface area contributed by atoms with Crippen molar-refractivity contribution in [1.82, 2.24) is 0 Å². The molecule has 0 aliphatic heterocycles. The van der Waals surface area contributed by atoms with E-state index >= 15 is 0 Å². The molecule has 0 aromatic heterocycles. The molecule has 0 atom stereocenters. The molecule has 0 rings (SSSR count). The molecule has 0 bridgehead atoms. The molecule has 0 radical (unpaired) electrons. The molecule has 0 aliphatic carbocycles. The van der Waals surface area contributed by atoms with E-state index in [1.54, 1.807) is 6.92 Å². The maximum absolute atomic E-state index is 10.3. The zero-order chi connectivity index (χ0) is 32.9. The molecule has 0 fully saturated rings. The SMILES string of the molecule is C#CC#CC#CC#CC#CC#CC#CC#CC.CCCCCCCCCCCCCCCCCC(=O)O.O=C=O.O=CO.[HH].[HH].[HH].[HH].[HH].[HH].[HH].[HH].[HH].[HH].[HH].[HH].[HH].[HH].[HH]. The lowest BCUT2D eigenvalue weighted by atomic mass is 10.0. The van der Waals surface area contributed by atoms with Gasteiger partial charge in [-0.3, -0.25) is 9.59 Å². The maximum Gasteiger partial charge on any atom is 0.373 e. The minimum Gasteiger partial charge on any atom is -0.483 e. The van der Waals surface area contributed by atoms with Gasteiger partial charge in [0.25, 0.3) is 6.47 Å². The monoisotopic (exact) mass is 613 g/mol. The fraction of sp³-hybridized carbons (Fsp3) is 0.486. The second-order valence-electron chi connectivity index (χ2n) is 8.30. The predicted octanol–water partition coefficient (Wildman–Crippen LogP) is 9.80. The quantitative estimate of drug-likeness (QED) is 0.102. The molecule has 0 aliphatic rings.